The molecule has 6 nitrogen and oxygen atoms in total. The third-order valence-electron chi connectivity index (χ3n) is 4.60. The quantitative estimate of drug-likeness (QED) is 0.777. The van der Waals surface area contributed by atoms with Crippen molar-refractivity contribution in [2.24, 2.45) is 0 Å². The normalized spacial score (nSPS) is 17.2. The van der Waals surface area contributed by atoms with E-state index in [9.17, 15) is 9.59 Å². The summed E-state index contributed by atoms with van der Waals surface area (Å²) in [6.45, 7) is 6.00. The van der Waals surface area contributed by atoms with Crippen LogP contribution in [0, 0.1) is 6.92 Å². The number of methoxy groups -OCH3 is 1. The third kappa shape index (κ3) is 5.46. The second-order valence-electron chi connectivity index (χ2n) is 6.60. The maximum atomic E-state index is 12.7. The molecule has 2 rings (SSSR count). The minimum absolute atomic E-state index is 0.0749. The summed E-state index contributed by atoms with van der Waals surface area (Å²) in [5.41, 5.74) is 2.27. The lowest BCUT2D eigenvalue weighted by atomic mass is 10.0. The number of amides is 3. The molecule has 25 heavy (non-hydrogen) atoms. The fourth-order valence-electron chi connectivity index (χ4n) is 3.09. The lowest BCUT2D eigenvalue weighted by Crippen LogP contribution is -2.42. The van der Waals surface area contributed by atoms with Crippen LogP contribution in [0.25, 0.3) is 0 Å². The minimum Gasteiger partial charge on any atom is -0.385 e. The van der Waals surface area contributed by atoms with Crippen LogP contribution in [0.2, 0.25) is 0 Å². The van der Waals surface area contributed by atoms with Gasteiger partial charge in [-0.05, 0) is 63.3 Å². The molecule has 1 heterocycles. The average Bonchev–Trinajstić information content (AvgIpc) is 2.60. The number of ether oxygens (including phenoxy) is 1. The van der Waals surface area contributed by atoms with Gasteiger partial charge < -0.3 is 20.3 Å². The van der Waals surface area contributed by atoms with Gasteiger partial charge in [-0.3, -0.25) is 4.79 Å². The van der Waals surface area contributed by atoms with Gasteiger partial charge >= 0.3 is 6.03 Å². The number of urea groups is 1. The Labute approximate surface area is 149 Å². The molecule has 1 aromatic carbocycles. The maximum Gasteiger partial charge on any atom is 0.319 e. The number of hydrogen-bond donors (Lipinski definition) is 2. The van der Waals surface area contributed by atoms with Crippen molar-refractivity contribution >= 4 is 17.6 Å². The number of benzene rings is 1. The molecule has 1 saturated heterocycles. The van der Waals surface area contributed by atoms with Gasteiger partial charge in [0.05, 0.1) is 0 Å². The molecular formula is C19H29N3O3. The van der Waals surface area contributed by atoms with Crippen molar-refractivity contribution in [3.05, 3.63) is 29.3 Å². The van der Waals surface area contributed by atoms with Gasteiger partial charge in [0.2, 0.25) is 0 Å². The molecule has 6 heteroatoms. The summed E-state index contributed by atoms with van der Waals surface area (Å²) in [7, 11) is 1.64. The van der Waals surface area contributed by atoms with Crippen molar-refractivity contribution in [3.63, 3.8) is 0 Å². The van der Waals surface area contributed by atoms with E-state index in [-0.39, 0.29) is 18.0 Å². The number of anilines is 1. The molecule has 1 aliphatic rings. The second kappa shape index (κ2) is 9.42. The molecule has 1 unspecified atom stereocenters. The number of piperidine rings is 1. The first-order valence-corrected chi connectivity index (χ1v) is 8.98. The van der Waals surface area contributed by atoms with Crippen molar-refractivity contribution in [1.29, 1.82) is 0 Å². The lowest BCUT2D eigenvalue weighted by molar-refractivity contribution is 0.0635. The highest BCUT2D eigenvalue weighted by Crippen LogP contribution is 2.22. The van der Waals surface area contributed by atoms with Crippen LogP contribution in [-0.4, -0.2) is 49.7 Å². The monoisotopic (exact) mass is 347 g/mol. The summed E-state index contributed by atoms with van der Waals surface area (Å²) in [5, 5.41) is 5.61. The molecule has 1 atom stereocenters. The Bertz CT molecular complexity index is 604. The molecule has 1 fully saturated rings. The third-order valence-corrected chi connectivity index (χ3v) is 4.60. The predicted molar refractivity (Wildman–Crippen MR) is 99.0 cm³/mol. The van der Waals surface area contributed by atoms with Crippen LogP contribution in [0.5, 0.6) is 0 Å². The molecule has 2 N–H and O–H groups in total. The fourth-order valence-corrected chi connectivity index (χ4v) is 3.09. The van der Waals surface area contributed by atoms with Crippen LogP contribution < -0.4 is 10.6 Å². The number of rotatable bonds is 6. The van der Waals surface area contributed by atoms with Gasteiger partial charge in [0.25, 0.3) is 5.91 Å². The summed E-state index contributed by atoms with van der Waals surface area (Å²) in [5.74, 6) is 0.0749. The highest BCUT2D eigenvalue weighted by Gasteiger charge is 2.24. The van der Waals surface area contributed by atoms with Crippen molar-refractivity contribution in [3.8, 4) is 0 Å². The van der Waals surface area contributed by atoms with E-state index in [1.54, 1.807) is 19.2 Å². The van der Waals surface area contributed by atoms with Crippen LogP contribution in [0.4, 0.5) is 10.5 Å². The van der Waals surface area contributed by atoms with Gasteiger partial charge in [-0.1, -0.05) is 0 Å². The lowest BCUT2D eigenvalue weighted by Gasteiger charge is -2.33. The standard InChI is InChI=1S/C19H29N3O3/c1-14-13-16(18(23)22-11-5-4-7-15(22)2)8-9-17(14)21-19(24)20-10-6-12-25-3/h8-9,13,15H,4-7,10-12H2,1-3H3,(H2,20,21,24). The summed E-state index contributed by atoms with van der Waals surface area (Å²) >= 11 is 0. The zero-order chi connectivity index (χ0) is 18.2. The Balaban J connectivity index is 1.95. The van der Waals surface area contributed by atoms with Crippen molar-refractivity contribution in [2.75, 3.05) is 32.1 Å². The highest BCUT2D eigenvalue weighted by atomic mass is 16.5. The summed E-state index contributed by atoms with van der Waals surface area (Å²) in [6.07, 6.45) is 4.09. The Kier molecular flexibility index (Phi) is 7.25. The van der Waals surface area contributed by atoms with Crippen molar-refractivity contribution < 1.29 is 14.3 Å². The van der Waals surface area contributed by atoms with Gasteiger partial charge in [0.15, 0.2) is 0 Å². The van der Waals surface area contributed by atoms with Gasteiger partial charge in [-0.2, -0.15) is 0 Å². The van der Waals surface area contributed by atoms with Crippen LogP contribution in [0.1, 0.15) is 48.5 Å². The van der Waals surface area contributed by atoms with Crippen LogP contribution in [0.3, 0.4) is 0 Å². The van der Waals surface area contributed by atoms with E-state index in [1.807, 2.05) is 17.9 Å². The topological polar surface area (TPSA) is 70.7 Å². The van der Waals surface area contributed by atoms with E-state index >= 15 is 0 Å². The number of nitrogens with one attached hydrogen (secondary N) is 2. The molecule has 0 saturated carbocycles. The summed E-state index contributed by atoms with van der Waals surface area (Å²) in [4.78, 5) is 26.6. The number of nitrogens with zero attached hydrogens (tertiary/aromatic N) is 1. The number of carbonyl (C=O) groups is 2. The van der Waals surface area contributed by atoms with E-state index in [1.165, 1.54) is 6.42 Å². The molecule has 0 aromatic heterocycles. The summed E-state index contributed by atoms with van der Waals surface area (Å²) in [6, 6.07) is 5.48. The zero-order valence-electron chi connectivity index (χ0n) is 15.4. The Morgan fingerprint density at radius 1 is 1.32 bits per heavy atom. The molecule has 1 aromatic rings. The molecule has 3 amide bonds. The average molecular weight is 347 g/mol. The number of likely N-dealkylation sites (tertiary alicyclic amines) is 1. The molecular weight excluding hydrogens is 318 g/mol. The van der Waals surface area contributed by atoms with Gasteiger partial charge in [0, 0.05) is 44.1 Å². The smallest absolute Gasteiger partial charge is 0.319 e. The SMILES string of the molecule is COCCCNC(=O)Nc1ccc(C(=O)N2CCCCC2C)cc1C. The molecule has 1 aliphatic heterocycles. The molecule has 0 radical (unpaired) electrons. The first kappa shape index (κ1) is 19.2. The van der Waals surface area contributed by atoms with Crippen LogP contribution in [0.15, 0.2) is 18.2 Å². The predicted octanol–water partition coefficient (Wildman–Crippen LogP) is 3.17. The van der Waals surface area contributed by atoms with E-state index in [0.29, 0.717) is 24.4 Å². The highest BCUT2D eigenvalue weighted by molar-refractivity contribution is 5.96. The minimum atomic E-state index is -0.247. The van der Waals surface area contributed by atoms with E-state index < -0.39 is 0 Å². The second-order valence-corrected chi connectivity index (χ2v) is 6.60. The zero-order valence-corrected chi connectivity index (χ0v) is 15.4. The van der Waals surface area contributed by atoms with Crippen molar-refractivity contribution in [2.45, 2.75) is 45.6 Å². The molecule has 0 aliphatic carbocycles. The van der Waals surface area contributed by atoms with Gasteiger partial charge in [-0.25, -0.2) is 4.79 Å². The van der Waals surface area contributed by atoms with Gasteiger partial charge in [0.1, 0.15) is 0 Å². The fraction of sp³-hybridized carbons (Fsp3) is 0.579. The van der Waals surface area contributed by atoms with Crippen LogP contribution >= 0.6 is 0 Å². The van der Waals surface area contributed by atoms with E-state index in [4.69, 9.17) is 4.74 Å². The van der Waals surface area contributed by atoms with Crippen LogP contribution in [-0.2, 0) is 4.74 Å². The number of carbonyl (C=O) groups excluding carboxylic acids is 2. The Hall–Kier alpha value is -2.08. The van der Waals surface area contributed by atoms with Gasteiger partial charge in [-0.15, -0.1) is 0 Å². The van der Waals surface area contributed by atoms with E-state index in [2.05, 4.69) is 17.6 Å². The first-order valence-electron chi connectivity index (χ1n) is 8.98. The number of hydrogen-bond acceptors (Lipinski definition) is 3. The Morgan fingerprint density at radius 3 is 2.80 bits per heavy atom. The Morgan fingerprint density at radius 2 is 2.12 bits per heavy atom. The number of aryl methyl sites for hydroxylation is 1. The van der Waals surface area contributed by atoms with Crippen molar-refractivity contribution in [1.82, 2.24) is 10.2 Å². The molecule has 138 valence electrons. The van der Waals surface area contributed by atoms with E-state index in [0.717, 1.165) is 31.4 Å². The molecule has 0 bridgehead atoms. The maximum absolute atomic E-state index is 12.7. The first-order chi connectivity index (χ1) is 12.0. The summed E-state index contributed by atoms with van der Waals surface area (Å²) < 4.78 is 4.95. The molecule has 0 spiro atoms. The largest absolute Gasteiger partial charge is 0.385 e.